The van der Waals surface area contributed by atoms with Crippen LogP contribution >= 0.6 is 0 Å². The van der Waals surface area contributed by atoms with Gasteiger partial charge in [-0.05, 0) is 54.4 Å². The molecule has 3 aromatic rings. The highest BCUT2D eigenvalue weighted by Gasteiger charge is 2.00. The second-order valence-electron chi connectivity index (χ2n) is 5.01. The second-order valence-corrected chi connectivity index (χ2v) is 5.01. The molecular formula is C18H18N2O. The summed E-state index contributed by atoms with van der Waals surface area (Å²) >= 11 is 0. The van der Waals surface area contributed by atoms with Crippen molar-refractivity contribution in [3.05, 3.63) is 71.9 Å². The lowest BCUT2D eigenvalue weighted by Crippen LogP contribution is -2.03. The molecule has 21 heavy (non-hydrogen) atoms. The Kier molecular flexibility index (Phi) is 4.12. The number of benzene rings is 2. The zero-order valence-electron chi connectivity index (χ0n) is 11.8. The summed E-state index contributed by atoms with van der Waals surface area (Å²) in [5.41, 5.74) is 8.93. The predicted octanol–water partition coefficient (Wildman–Crippen LogP) is 3.32. The van der Waals surface area contributed by atoms with Gasteiger partial charge < -0.3 is 10.5 Å². The van der Waals surface area contributed by atoms with E-state index in [0.717, 1.165) is 28.6 Å². The molecule has 0 aliphatic heterocycles. The molecular weight excluding hydrogens is 260 g/mol. The minimum atomic E-state index is 0.552. The third kappa shape index (κ3) is 3.38. The standard InChI is InChI=1S/C18H18N2O/c19-9-8-14-3-1-5-17(12-14)21-13-15-6-7-18-16(11-15)4-2-10-20-18/h1-7,10-12H,8-9,13,19H2. The van der Waals surface area contributed by atoms with Crippen LogP contribution in [0, 0.1) is 0 Å². The Balaban J connectivity index is 1.72. The summed E-state index contributed by atoms with van der Waals surface area (Å²) in [5, 5.41) is 1.13. The van der Waals surface area contributed by atoms with Gasteiger partial charge in [0.15, 0.2) is 0 Å². The Bertz CT molecular complexity index is 740. The van der Waals surface area contributed by atoms with Gasteiger partial charge in [0.1, 0.15) is 12.4 Å². The van der Waals surface area contributed by atoms with Gasteiger partial charge in [0.25, 0.3) is 0 Å². The summed E-state index contributed by atoms with van der Waals surface area (Å²) in [6.07, 6.45) is 2.68. The zero-order chi connectivity index (χ0) is 14.5. The van der Waals surface area contributed by atoms with Crippen molar-refractivity contribution in [3.63, 3.8) is 0 Å². The van der Waals surface area contributed by atoms with Gasteiger partial charge >= 0.3 is 0 Å². The van der Waals surface area contributed by atoms with Crippen LogP contribution in [0.4, 0.5) is 0 Å². The lowest BCUT2D eigenvalue weighted by Gasteiger charge is -2.08. The first kappa shape index (κ1) is 13.6. The Hall–Kier alpha value is -2.39. The average molecular weight is 278 g/mol. The highest BCUT2D eigenvalue weighted by atomic mass is 16.5. The topological polar surface area (TPSA) is 48.1 Å². The van der Waals surface area contributed by atoms with Crippen LogP contribution < -0.4 is 10.5 Å². The first-order chi connectivity index (χ1) is 10.3. The van der Waals surface area contributed by atoms with Crippen LogP contribution in [0.2, 0.25) is 0 Å². The normalized spacial score (nSPS) is 10.7. The summed E-state index contributed by atoms with van der Waals surface area (Å²) in [6, 6.07) is 18.3. The molecule has 0 unspecified atom stereocenters. The van der Waals surface area contributed by atoms with Gasteiger partial charge in [-0.15, -0.1) is 0 Å². The molecule has 0 aliphatic rings. The van der Waals surface area contributed by atoms with E-state index in [9.17, 15) is 0 Å². The summed E-state index contributed by atoms with van der Waals surface area (Å²) in [7, 11) is 0. The van der Waals surface area contributed by atoms with E-state index >= 15 is 0 Å². The first-order valence-corrected chi connectivity index (χ1v) is 7.10. The fraction of sp³-hybridized carbons (Fsp3) is 0.167. The number of nitrogens with two attached hydrogens (primary N) is 1. The fourth-order valence-electron chi connectivity index (χ4n) is 2.34. The SMILES string of the molecule is NCCc1cccc(OCc2ccc3ncccc3c2)c1. The van der Waals surface area contributed by atoms with Crippen LogP contribution in [0.25, 0.3) is 10.9 Å². The van der Waals surface area contributed by atoms with Gasteiger partial charge in [-0.1, -0.05) is 24.3 Å². The third-order valence-corrected chi connectivity index (χ3v) is 3.40. The van der Waals surface area contributed by atoms with Crippen molar-refractivity contribution in [2.75, 3.05) is 6.54 Å². The van der Waals surface area contributed by atoms with E-state index in [-0.39, 0.29) is 0 Å². The number of hydrogen-bond acceptors (Lipinski definition) is 3. The molecule has 3 heteroatoms. The number of nitrogens with zero attached hydrogens (tertiary/aromatic N) is 1. The molecule has 3 rings (SSSR count). The Morgan fingerprint density at radius 1 is 0.952 bits per heavy atom. The van der Waals surface area contributed by atoms with Crippen molar-refractivity contribution >= 4 is 10.9 Å². The molecule has 0 amide bonds. The van der Waals surface area contributed by atoms with Gasteiger partial charge in [-0.25, -0.2) is 0 Å². The minimum Gasteiger partial charge on any atom is -0.489 e. The van der Waals surface area contributed by atoms with Gasteiger partial charge in [0.05, 0.1) is 5.52 Å². The summed E-state index contributed by atoms with van der Waals surface area (Å²) in [6.45, 7) is 1.21. The zero-order valence-corrected chi connectivity index (χ0v) is 11.8. The van der Waals surface area contributed by atoms with E-state index < -0.39 is 0 Å². The number of aromatic nitrogens is 1. The number of fused-ring (bicyclic) bond motifs is 1. The Morgan fingerprint density at radius 3 is 2.81 bits per heavy atom. The molecule has 0 radical (unpaired) electrons. The molecule has 0 saturated heterocycles. The van der Waals surface area contributed by atoms with Crippen molar-refractivity contribution in [2.45, 2.75) is 13.0 Å². The lowest BCUT2D eigenvalue weighted by molar-refractivity contribution is 0.306. The summed E-state index contributed by atoms with van der Waals surface area (Å²) < 4.78 is 5.87. The Morgan fingerprint density at radius 2 is 1.90 bits per heavy atom. The molecule has 3 nitrogen and oxygen atoms in total. The van der Waals surface area contributed by atoms with Crippen molar-refractivity contribution in [2.24, 2.45) is 5.73 Å². The first-order valence-electron chi connectivity index (χ1n) is 7.10. The highest BCUT2D eigenvalue weighted by Crippen LogP contribution is 2.18. The average Bonchev–Trinajstić information content (AvgIpc) is 2.53. The third-order valence-electron chi connectivity index (χ3n) is 3.40. The van der Waals surface area contributed by atoms with Gasteiger partial charge in [-0.3, -0.25) is 4.98 Å². The van der Waals surface area contributed by atoms with E-state index in [1.54, 1.807) is 6.20 Å². The number of pyridine rings is 1. The van der Waals surface area contributed by atoms with E-state index in [4.69, 9.17) is 10.5 Å². The molecule has 0 atom stereocenters. The molecule has 2 aromatic carbocycles. The van der Waals surface area contributed by atoms with Crippen LogP contribution in [0.3, 0.4) is 0 Å². The van der Waals surface area contributed by atoms with Gasteiger partial charge in [0, 0.05) is 11.6 Å². The summed E-state index contributed by atoms with van der Waals surface area (Å²) in [4.78, 5) is 4.32. The van der Waals surface area contributed by atoms with E-state index in [1.165, 1.54) is 5.56 Å². The number of hydrogen-bond donors (Lipinski definition) is 1. The van der Waals surface area contributed by atoms with Crippen molar-refractivity contribution in [1.82, 2.24) is 4.98 Å². The molecule has 0 aliphatic carbocycles. The van der Waals surface area contributed by atoms with Crippen LogP contribution in [0.5, 0.6) is 5.75 Å². The minimum absolute atomic E-state index is 0.552. The van der Waals surface area contributed by atoms with Crippen LogP contribution in [-0.2, 0) is 13.0 Å². The van der Waals surface area contributed by atoms with Crippen LogP contribution in [0.1, 0.15) is 11.1 Å². The molecule has 0 spiro atoms. The highest BCUT2D eigenvalue weighted by molar-refractivity contribution is 5.78. The van der Waals surface area contributed by atoms with Gasteiger partial charge in [0.2, 0.25) is 0 Å². The number of rotatable bonds is 5. The monoisotopic (exact) mass is 278 g/mol. The molecule has 106 valence electrons. The maximum Gasteiger partial charge on any atom is 0.120 e. The molecule has 0 bridgehead atoms. The Labute approximate surface area is 124 Å². The van der Waals surface area contributed by atoms with Crippen molar-refractivity contribution < 1.29 is 4.74 Å². The van der Waals surface area contributed by atoms with E-state index in [2.05, 4.69) is 35.3 Å². The number of ether oxygens (including phenoxy) is 1. The van der Waals surface area contributed by atoms with Crippen molar-refractivity contribution in [1.29, 1.82) is 0 Å². The van der Waals surface area contributed by atoms with Crippen LogP contribution in [-0.4, -0.2) is 11.5 Å². The van der Waals surface area contributed by atoms with Crippen molar-refractivity contribution in [3.8, 4) is 5.75 Å². The molecule has 1 aromatic heterocycles. The maximum atomic E-state index is 5.87. The van der Waals surface area contributed by atoms with E-state index in [0.29, 0.717) is 13.2 Å². The molecule has 0 saturated carbocycles. The predicted molar refractivity (Wildman–Crippen MR) is 85.3 cm³/mol. The summed E-state index contributed by atoms with van der Waals surface area (Å²) in [5.74, 6) is 0.882. The molecule has 1 heterocycles. The smallest absolute Gasteiger partial charge is 0.120 e. The maximum absolute atomic E-state index is 5.87. The molecule has 2 N–H and O–H groups in total. The van der Waals surface area contributed by atoms with Crippen LogP contribution in [0.15, 0.2) is 60.8 Å². The molecule has 0 fully saturated rings. The fourth-order valence-corrected chi connectivity index (χ4v) is 2.34. The van der Waals surface area contributed by atoms with Gasteiger partial charge in [-0.2, -0.15) is 0 Å². The quantitative estimate of drug-likeness (QED) is 0.779. The largest absolute Gasteiger partial charge is 0.489 e. The second kappa shape index (κ2) is 6.37. The lowest BCUT2D eigenvalue weighted by atomic mass is 10.1. The van der Waals surface area contributed by atoms with E-state index in [1.807, 2.05) is 24.3 Å².